The van der Waals surface area contributed by atoms with Crippen molar-refractivity contribution in [2.75, 3.05) is 30.4 Å². The van der Waals surface area contributed by atoms with Crippen LogP contribution in [0.5, 0.6) is 5.75 Å². The SMILES string of the molecule is COc1ccccc1NC(=O)C1CCN(c2cccc(C(=O)O)n2)CC1. The molecule has 0 spiro atoms. The van der Waals surface area contributed by atoms with Crippen LogP contribution < -0.4 is 15.0 Å². The number of aromatic carboxylic acids is 1. The second-order valence-corrected chi connectivity index (χ2v) is 6.14. The number of nitrogens with one attached hydrogen (secondary N) is 1. The number of methoxy groups -OCH3 is 1. The van der Waals surface area contributed by atoms with E-state index >= 15 is 0 Å². The van der Waals surface area contributed by atoms with Gasteiger partial charge in [0, 0.05) is 19.0 Å². The van der Waals surface area contributed by atoms with Crippen LogP contribution in [0.4, 0.5) is 11.5 Å². The minimum absolute atomic E-state index is 0.0264. The van der Waals surface area contributed by atoms with Gasteiger partial charge in [0.15, 0.2) is 5.69 Å². The van der Waals surface area contributed by atoms with Gasteiger partial charge in [0.25, 0.3) is 0 Å². The minimum atomic E-state index is -1.04. The predicted octanol–water partition coefficient (Wildman–Crippen LogP) is 2.64. The zero-order valence-corrected chi connectivity index (χ0v) is 14.5. The number of piperidine rings is 1. The fourth-order valence-electron chi connectivity index (χ4n) is 3.07. The van der Waals surface area contributed by atoms with Crippen LogP contribution in [-0.4, -0.2) is 42.2 Å². The van der Waals surface area contributed by atoms with Crippen LogP contribution in [0.1, 0.15) is 23.3 Å². The molecule has 0 aliphatic carbocycles. The summed E-state index contributed by atoms with van der Waals surface area (Å²) in [7, 11) is 1.57. The molecular formula is C19H21N3O4. The molecule has 2 aromatic rings. The van der Waals surface area contributed by atoms with Gasteiger partial charge in [-0.1, -0.05) is 18.2 Å². The Morgan fingerprint density at radius 2 is 1.88 bits per heavy atom. The number of pyridine rings is 1. The van der Waals surface area contributed by atoms with Crippen LogP contribution in [-0.2, 0) is 4.79 Å². The molecule has 0 radical (unpaired) electrons. The number of rotatable bonds is 5. The third-order valence-electron chi connectivity index (χ3n) is 4.51. The Hall–Kier alpha value is -3.09. The Balaban J connectivity index is 1.60. The van der Waals surface area contributed by atoms with Crippen LogP contribution in [0.15, 0.2) is 42.5 Å². The molecule has 1 amide bonds. The third kappa shape index (κ3) is 3.93. The molecular weight excluding hydrogens is 334 g/mol. The summed E-state index contributed by atoms with van der Waals surface area (Å²) in [5, 5.41) is 12.0. The first-order valence-corrected chi connectivity index (χ1v) is 8.47. The molecule has 1 aromatic carbocycles. The van der Waals surface area contributed by atoms with E-state index in [1.807, 2.05) is 23.1 Å². The summed E-state index contributed by atoms with van der Waals surface area (Å²) in [6, 6.07) is 12.3. The van der Waals surface area contributed by atoms with Gasteiger partial charge in [0.05, 0.1) is 12.8 Å². The number of carboxylic acids is 1. The molecule has 1 aromatic heterocycles. The van der Waals surface area contributed by atoms with Crippen LogP contribution in [0, 0.1) is 5.92 Å². The lowest BCUT2D eigenvalue weighted by molar-refractivity contribution is -0.120. The molecule has 3 rings (SSSR count). The fraction of sp³-hybridized carbons (Fsp3) is 0.316. The van der Waals surface area contributed by atoms with Gasteiger partial charge in [-0.15, -0.1) is 0 Å². The lowest BCUT2D eigenvalue weighted by Crippen LogP contribution is -2.38. The molecule has 7 nitrogen and oxygen atoms in total. The Labute approximate surface area is 151 Å². The molecule has 26 heavy (non-hydrogen) atoms. The standard InChI is InChI=1S/C19H21N3O4/c1-26-16-7-3-2-5-14(16)21-18(23)13-9-11-22(12-10-13)17-8-4-6-15(20-17)19(24)25/h2-8,13H,9-12H2,1H3,(H,21,23)(H,24,25). The molecule has 1 aliphatic heterocycles. The first kappa shape index (κ1) is 17.7. The summed E-state index contributed by atoms with van der Waals surface area (Å²) in [6.07, 6.45) is 1.36. The maximum Gasteiger partial charge on any atom is 0.354 e. The molecule has 0 unspecified atom stereocenters. The summed E-state index contributed by atoms with van der Waals surface area (Å²) < 4.78 is 5.26. The van der Waals surface area contributed by atoms with E-state index in [0.717, 1.165) is 0 Å². The smallest absolute Gasteiger partial charge is 0.354 e. The number of anilines is 2. The number of amides is 1. The quantitative estimate of drug-likeness (QED) is 0.857. The maximum absolute atomic E-state index is 12.5. The lowest BCUT2D eigenvalue weighted by atomic mass is 9.95. The number of hydrogen-bond acceptors (Lipinski definition) is 5. The average molecular weight is 355 g/mol. The highest BCUT2D eigenvalue weighted by molar-refractivity contribution is 5.94. The van der Waals surface area contributed by atoms with Crippen LogP contribution in [0.25, 0.3) is 0 Å². The van der Waals surface area contributed by atoms with E-state index in [2.05, 4.69) is 10.3 Å². The number of hydrogen-bond donors (Lipinski definition) is 2. The Morgan fingerprint density at radius 1 is 1.15 bits per heavy atom. The van der Waals surface area contributed by atoms with Crippen molar-refractivity contribution in [3.05, 3.63) is 48.2 Å². The van der Waals surface area contributed by atoms with Gasteiger partial charge in [0.1, 0.15) is 11.6 Å². The molecule has 1 saturated heterocycles. The van der Waals surface area contributed by atoms with Gasteiger partial charge in [-0.3, -0.25) is 4.79 Å². The minimum Gasteiger partial charge on any atom is -0.495 e. The van der Waals surface area contributed by atoms with Gasteiger partial charge in [-0.2, -0.15) is 0 Å². The lowest BCUT2D eigenvalue weighted by Gasteiger charge is -2.32. The second-order valence-electron chi connectivity index (χ2n) is 6.14. The highest BCUT2D eigenvalue weighted by Gasteiger charge is 2.26. The van der Waals surface area contributed by atoms with Crippen LogP contribution in [0.2, 0.25) is 0 Å². The zero-order valence-electron chi connectivity index (χ0n) is 14.5. The van der Waals surface area contributed by atoms with Crippen molar-refractivity contribution in [1.29, 1.82) is 0 Å². The highest BCUT2D eigenvalue weighted by atomic mass is 16.5. The Morgan fingerprint density at radius 3 is 2.58 bits per heavy atom. The first-order valence-electron chi connectivity index (χ1n) is 8.47. The van der Waals surface area contributed by atoms with Crippen molar-refractivity contribution in [1.82, 2.24) is 4.98 Å². The second kappa shape index (κ2) is 7.86. The zero-order chi connectivity index (χ0) is 18.5. The van der Waals surface area contributed by atoms with Gasteiger partial charge in [0.2, 0.25) is 5.91 Å². The van der Waals surface area contributed by atoms with E-state index in [-0.39, 0.29) is 17.5 Å². The molecule has 1 fully saturated rings. The van der Waals surface area contributed by atoms with E-state index in [1.165, 1.54) is 6.07 Å². The van der Waals surface area contributed by atoms with Crippen molar-refractivity contribution >= 4 is 23.4 Å². The molecule has 0 saturated carbocycles. The molecule has 2 heterocycles. The summed E-state index contributed by atoms with van der Waals surface area (Å²) in [5.74, 6) is 0.0968. The Bertz CT molecular complexity index is 801. The van der Waals surface area contributed by atoms with Crippen molar-refractivity contribution in [2.45, 2.75) is 12.8 Å². The number of para-hydroxylation sites is 2. The van der Waals surface area contributed by atoms with Crippen molar-refractivity contribution in [2.24, 2.45) is 5.92 Å². The van der Waals surface area contributed by atoms with Gasteiger partial charge >= 0.3 is 5.97 Å². The van der Waals surface area contributed by atoms with Gasteiger partial charge in [-0.25, -0.2) is 9.78 Å². The Kier molecular flexibility index (Phi) is 5.36. The molecule has 0 atom stereocenters. The summed E-state index contributed by atoms with van der Waals surface area (Å²) in [5.41, 5.74) is 0.691. The number of carbonyl (C=O) groups is 2. The first-order chi connectivity index (χ1) is 12.6. The summed E-state index contributed by atoms with van der Waals surface area (Å²) >= 11 is 0. The van der Waals surface area contributed by atoms with E-state index in [9.17, 15) is 9.59 Å². The topological polar surface area (TPSA) is 91.8 Å². The van der Waals surface area contributed by atoms with E-state index in [4.69, 9.17) is 9.84 Å². The number of aromatic nitrogens is 1. The van der Waals surface area contributed by atoms with Gasteiger partial charge < -0.3 is 20.1 Å². The monoisotopic (exact) mass is 355 g/mol. The largest absolute Gasteiger partial charge is 0.495 e. The molecule has 2 N–H and O–H groups in total. The molecule has 1 aliphatic rings. The fourth-order valence-corrected chi connectivity index (χ4v) is 3.07. The van der Waals surface area contributed by atoms with Crippen molar-refractivity contribution in [3.63, 3.8) is 0 Å². The van der Waals surface area contributed by atoms with E-state index in [1.54, 1.807) is 25.3 Å². The predicted molar refractivity (Wildman–Crippen MR) is 97.8 cm³/mol. The van der Waals surface area contributed by atoms with Gasteiger partial charge in [-0.05, 0) is 37.1 Å². The molecule has 0 bridgehead atoms. The number of nitrogens with zero attached hydrogens (tertiary/aromatic N) is 2. The van der Waals surface area contributed by atoms with Crippen LogP contribution in [0.3, 0.4) is 0 Å². The summed E-state index contributed by atoms with van der Waals surface area (Å²) in [4.78, 5) is 29.8. The summed E-state index contributed by atoms with van der Waals surface area (Å²) in [6.45, 7) is 1.31. The van der Waals surface area contributed by atoms with E-state index in [0.29, 0.717) is 43.2 Å². The number of carbonyl (C=O) groups excluding carboxylic acids is 1. The highest BCUT2D eigenvalue weighted by Crippen LogP contribution is 2.27. The molecule has 7 heteroatoms. The number of carboxylic acid groups (broad SMARTS) is 1. The number of benzene rings is 1. The number of ether oxygens (including phenoxy) is 1. The normalized spacial score (nSPS) is 14.7. The third-order valence-corrected chi connectivity index (χ3v) is 4.51. The average Bonchev–Trinajstić information content (AvgIpc) is 2.68. The van der Waals surface area contributed by atoms with Crippen molar-refractivity contribution < 1.29 is 19.4 Å². The van der Waals surface area contributed by atoms with Crippen molar-refractivity contribution in [3.8, 4) is 5.75 Å². The van der Waals surface area contributed by atoms with E-state index < -0.39 is 5.97 Å². The van der Waals surface area contributed by atoms with Crippen LogP contribution >= 0.6 is 0 Å². The molecule has 136 valence electrons. The maximum atomic E-state index is 12.5.